The Kier molecular flexibility index (Phi) is 7.74. The number of carbonyl (C=O) groups is 1. The number of aromatic nitrogens is 1. The van der Waals surface area contributed by atoms with Crippen molar-refractivity contribution in [2.75, 3.05) is 31.1 Å². The maximum atomic E-state index is 15.6. The summed E-state index contributed by atoms with van der Waals surface area (Å²) < 4.78 is 15.6. The highest BCUT2D eigenvalue weighted by atomic mass is 19.1. The number of rotatable bonds is 4. The molecule has 0 bridgehead atoms. The lowest BCUT2D eigenvalue weighted by molar-refractivity contribution is 0.0746. The number of amides is 1. The van der Waals surface area contributed by atoms with Crippen molar-refractivity contribution in [2.24, 2.45) is 4.99 Å². The second-order valence-electron chi connectivity index (χ2n) is 11.0. The SMILES string of the molecule is CC(C)c1nccc(F)c1N1C(=C=O)N=C(N2C[C@@H](C)N(C(=O)O)C[C@@H]2C)C2=C1CN(Cc1ccccc1)CC2. The molecule has 0 unspecified atom stereocenters. The molecule has 3 aliphatic heterocycles. The van der Waals surface area contributed by atoms with Crippen LogP contribution in [0.2, 0.25) is 0 Å². The summed E-state index contributed by atoms with van der Waals surface area (Å²) in [5.41, 5.74) is 3.64. The lowest BCUT2D eigenvalue weighted by Crippen LogP contribution is -2.60. The lowest BCUT2D eigenvalue weighted by Gasteiger charge is -2.47. The minimum absolute atomic E-state index is 0.0235. The van der Waals surface area contributed by atoms with Crippen molar-refractivity contribution < 1.29 is 19.1 Å². The summed E-state index contributed by atoms with van der Waals surface area (Å²) in [4.78, 5) is 41.0. The van der Waals surface area contributed by atoms with Gasteiger partial charge in [0.15, 0.2) is 11.8 Å². The van der Waals surface area contributed by atoms with E-state index in [4.69, 9.17) is 4.99 Å². The van der Waals surface area contributed by atoms with Crippen LogP contribution < -0.4 is 4.90 Å². The Morgan fingerprint density at radius 1 is 1.15 bits per heavy atom. The molecule has 1 aromatic carbocycles. The van der Waals surface area contributed by atoms with Gasteiger partial charge in [0, 0.05) is 62.3 Å². The maximum Gasteiger partial charge on any atom is 0.407 e. The highest BCUT2D eigenvalue weighted by molar-refractivity contribution is 6.03. The number of hydrogen-bond donors (Lipinski definition) is 1. The van der Waals surface area contributed by atoms with Crippen molar-refractivity contribution in [1.29, 1.82) is 0 Å². The molecule has 10 heteroatoms. The molecule has 0 aliphatic carbocycles. The molecule has 0 radical (unpaired) electrons. The van der Waals surface area contributed by atoms with Gasteiger partial charge in [0.2, 0.25) is 5.82 Å². The number of halogens is 1. The van der Waals surface area contributed by atoms with Crippen molar-refractivity contribution in [1.82, 2.24) is 19.7 Å². The molecule has 2 aromatic rings. The fourth-order valence-electron chi connectivity index (χ4n) is 5.89. The first-order valence-corrected chi connectivity index (χ1v) is 13.7. The van der Waals surface area contributed by atoms with Crippen LogP contribution in [0.5, 0.6) is 0 Å². The quantitative estimate of drug-likeness (QED) is 0.566. The Balaban J connectivity index is 1.61. The summed E-state index contributed by atoms with van der Waals surface area (Å²) in [5.74, 6) is 2.04. The second-order valence-corrected chi connectivity index (χ2v) is 11.0. The normalized spacial score (nSPS) is 21.9. The van der Waals surface area contributed by atoms with Gasteiger partial charge in [0.05, 0.1) is 5.69 Å². The lowest BCUT2D eigenvalue weighted by atomic mass is 9.96. The Morgan fingerprint density at radius 2 is 1.90 bits per heavy atom. The average Bonchev–Trinajstić information content (AvgIpc) is 2.93. The highest BCUT2D eigenvalue weighted by Gasteiger charge is 2.41. The first kappa shape index (κ1) is 27.6. The van der Waals surface area contributed by atoms with Crippen LogP contribution in [0.4, 0.5) is 14.9 Å². The third-order valence-corrected chi connectivity index (χ3v) is 7.88. The first-order chi connectivity index (χ1) is 19.2. The van der Waals surface area contributed by atoms with Crippen molar-refractivity contribution in [2.45, 2.75) is 58.7 Å². The topological polar surface area (TPSA) is 92.6 Å². The van der Waals surface area contributed by atoms with Gasteiger partial charge < -0.3 is 14.9 Å². The van der Waals surface area contributed by atoms with Crippen LogP contribution in [-0.2, 0) is 11.3 Å². The van der Waals surface area contributed by atoms with Gasteiger partial charge in [-0.05, 0) is 37.8 Å². The van der Waals surface area contributed by atoms with E-state index in [0.717, 1.165) is 23.4 Å². The summed E-state index contributed by atoms with van der Waals surface area (Å²) in [6, 6.07) is 11.0. The van der Waals surface area contributed by atoms with Crippen molar-refractivity contribution in [3.05, 3.63) is 76.8 Å². The van der Waals surface area contributed by atoms with Crippen molar-refractivity contribution >= 4 is 23.6 Å². The number of hydrogen-bond acceptors (Lipinski definition) is 7. The van der Waals surface area contributed by atoms with E-state index < -0.39 is 11.9 Å². The smallest absolute Gasteiger partial charge is 0.407 e. The molecule has 1 N–H and O–H groups in total. The van der Waals surface area contributed by atoms with E-state index in [-0.39, 0.29) is 29.5 Å². The third-order valence-electron chi connectivity index (χ3n) is 7.88. The standard InChI is InChI=1S/C30H35FN6O3/c1-19(2)27-28(24(31)10-12-32-27)37-25-17-34(16-22-8-6-5-7-9-22)13-11-23(25)29(33-26(37)18-38)35-14-21(4)36(30(39)40)15-20(35)3/h5-10,12,19-21H,11,13-17H2,1-4H3,(H,39,40)/t20-,21+/m0/s1. The molecule has 1 fully saturated rings. The number of piperazine rings is 1. The number of carbonyl (C=O) groups excluding carboxylic acids is 1. The predicted molar refractivity (Wildman–Crippen MR) is 151 cm³/mol. The van der Waals surface area contributed by atoms with Gasteiger partial charge >= 0.3 is 6.09 Å². The van der Waals surface area contributed by atoms with Crippen molar-refractivity contribution in [3.8, 4) is 0 Å². The van der Waals surface area contributed by atoms with E-state index in [0.29, 0.717) is 44.1 Å². The molecule has 0 saturated carbocycles. The number of amidine groups is 1. The van der Waals surface area contributed by atoms with Gasteiger partial charge in [-0.1, -0.05) is 44.2 Å². The number of aliphatic imine (C=N–C) groups is 1. The Morgan fingerprint density at radius 3 is 2.58 bits per heavy atom. The van der Waals surface area contributed by atoms with Crippen LogP contribution in [0, 0.1) is 5.82 Å². The number of pyridine rings is 1. The number of carboxylic acid groups (broad SMARTS) is 1. The van der Waals surface area contributed by atoms with Crippen LogP contribution in [0.3, 0.4) is 0 Å². The first-order valence-electron chi connectivity index (χ1n) is 13.7. The average molecular weight is 547 g/mol. The minimum atomic E-state index is -0.952. The molecule has 4 heterocycles. The predicted octanol–water partition coefficient (Wildman–Crippen LogP) is 4.47. The van der Waals surface area contributed by atoms with Gasteiger partial charge in [-0.2, -0.15) is 0 Å². The van der Waals surface area contributed by atoms with E-state index in [9.17, 15) is 14.7 Å². The fourth-order valence-corrected chi connectivity index (χ4v) is 5.89. The number of anilines is 1. The summed E-state index contributed by atoms with van der Waals surface area (Å²) in [6.07, 6.45) is 1.13. The molecule has 40 heavy (non-hydrogen) atoms. The molecule has 2 atom stereocenters. The number of benzene rings is 1. The Hall–Kier alpha value is -4.01. The fraction of sp³-hybridized carbons (Fsp3) is 0.433. The third kappa shape index (κ3) is 5.12. The zero-order valence-electron chi connectivity index (χ0n) is 23.3. The summed E-state index contributed by atoms with van der Waals surface area (Å²) in [6.45, 7) is 10.4. The van der Waals surface area contributed by atoms with Gasteiger partial charge in [-0.25, -0.2) is 19.0 Å². The van der Waals surface area contributed by atoms with Crippen LogP contribution in [0.15, 0.2) is 64.7 Å². The van der Waals surface area contributed by atoms with Gasteiger partial charge in [0.25, 0.3) is 0 Å². The van der Waals surface area contributed by atoms with Crippen molar-refractivity contribution in [3.63, 3.8) is 0 Å². The van der Waals surface area contributed by atoms with Gasteiger partial charge in [-0.15, -0.1) is 0 Å². The number of nitrogens with zero attached hydrogens (tertiary/aromatic N) is 6. The summed E-state index contributed by atoms with van der Waals surface area (Å²) in [5, 5.41) is 9.66. The molecule has 210 valence electrons. The molecule has 3 aliphatic rings. The van der Waals surface area contributed by atoms with Gasteiger partial charge in [0.1, 0.15) is 11.5 Å². The largest absolute Gasteiger partial charge is 0.465 e. The van der Waals surface area contributed by atoms with E-state index in [1.54, 1.807) is 4.90 Å². The summed E-state index contributed by atoms with van der Waals surface area (Å²) >= 11 is 0. The molecule has 5 rings (SSSR count). The molecule has 9 nitrogen and oxygen atoms in total. The monoisotopic (exact) mass is 546 g/mol. The maximum absolute atomic E-state index is 15.6. The highest BCUT2D eigenvalue weighted by Crippen LogP contribution is 2.40. The second kappa shape index (κ2) is 11.2. The molecular formula is C30H35FN6O3. The Labute approximate surface area is 233 Å². The zero-order chi connectivity index (χ0) is 28.6. The van der Waals surface area contributed by atoms with Crippen LogP contribution >= 0.6 is 0 Å². The van der Waals surface area contributed by atoms with Crippen LogP contribution in [0.1, 0.15) is 51.3 Å². The minimum Gasteiger partial charge on any atom is -0.465 e. The molecule has 1 aromatic heterocycles. The molecule has 0 spiro atoms. The molecule has 1 saturated heterocycles. The van der Waals surface area contributed by atoms with Crippen LogP contribution in [-0.4, -0.2) is 80.9 Å². The van der Waals surface area contributed by atoms with Crippen LogP contribution in [0.25, 0.3) is 0 Å². The molecule has 1 amide bonds. The zero-order valence-corrected chi connectivity index (χ0v) is 23.3. The molecular weight excluding hydrogens is 511 g/mol. The van der Waals surface area contributed by atoms with E-state index in [2.05, 4.69) is 26.9 Å². The Bertz CT molecular complexity index is 1400. The summed E-state index contributed by atoms with van der Waals surface area (Å²) in [7, 11) is 0. The van der Waals surface area contributed by atoms with Gasteiger partial charge in [-0.3, -0.25) is 14.8 Å². The van der Waals surface area contributed by atoms with E-state index >= 15 is 4.39 Å². The van der Waals surface area contributed by atoms with E-state index in [1.165, 1.54) is 17.2 Å². The van der Waals surface area contributed by atoms with E-state index in [1.807, 2.05) is 51.8 Å².